The predicted octanol–water partition coefficient (Wildman–Crippen LogP) is 1.30. The highest BCUT2D eigenvalue weighted by Crippen LogP contribution is 2.33. The molecule has 86 valence electrons. The van der Waals surface area contributed by atoms with Crippen molar-refractivity contribution in [1.82, 2.24) is 0 Å². The summed E-state index contributed by atoms with van der Waals surface area (Å²) in [5, 5.41) is 20.1. The van der Waals surface area contributed by atoms with Gasteiger partial charge in [0.15, 0.2) is 11.5 Å². The average molecular weight is 226 g/mol. The number of nitro benzene ring substituents is 1. The molecule has 1 saturated heterocycles. The van der Waals surface area contributed by atoms with E-state index in [1.54, 1.807) is 0 Å². The second-order valence-corrected chi connectivity index (χ2v) is 3.75. The zero-order valence-corrected chi connectivity index (χ0v) is 8.47. The van der Waals surface area contributed by atoms with Crippen LogP contribution in [0.25, 0.3) is 0 Å². The summed E-state index contributed by atoms with van der Waals surface area (Å²) in [6.45, 7) is 0.671. The predicted molar refractivity (Wildman–Crippen MR) is 55.9 cm³/mol. The van der Waals surface area contributed by atoms with Crippen molar-refractivity contribution in [3.8, 4) is 0 Å². The number of nitrogens with zero attached hydrogens (tertiary/aromatic N) is 2. The molecule has 1 aromatic carbocycles. The summed E-state index contributed by atoms with van der Waals surface area (Å²) in [6.07, 6.45) is -0.0370. The SMILES string of the molecule is O=[N+]([O-])c1cccc(F)c1N1CCC(O)C1. The number of hydrogen-bond acceptors (Lipinski definition) is 4. The maximum atomic E-state index is 13.6. The van der Waals surface area contributed by atoms with E-state index in [9.17, 15) is 19.6 Å². The molecule has 0 spiro atoms. The van der Waals surface area contributed by atoms with Crippen molar-refractivity contribution in [2.45, 2.75) is 12.5 Å². The number of β-amino-alcohol motifs (C(OH)–C–C–N with tert-alkyl or cyclic N) is 1. The number of para-hydroxylation sites is 1. The number of anilines is 1. The topological polar surface area (TPSA) is 66.6 Å². The van der Waals surface area contributed by atoms with Gasteiger partial charge in [0.05, 0.1) is 11.0 Å². The summed E-state index contributed by atoms with van der Waals surface area (Å²) in [4.78, 5) is 11.7. The molecular formula is C10H11FN2O3. The highest BCUT2D eigenvalue weighted by Gasteiger charge is 2.28. The lowest BCUT2D eigenvalue weighted by molar-refractivity contribution is -0.384. The fraction of sp³-hybridized carbons (Fsp3) is 0.400. The van der Waals surface area contributed by atoms with Gasteiger partial charge in [0.2, 0.25) is 0 Å². The summed E-state index contributed by atoms with van der Waals surface area (Å²) < 4.78 is 13.6. The Morgan fingerprint density at radius 1 is 1.56 bits per heavy atom. The maximum Gasteiger partial charge on any atom is 0.295 e. The minimum absolute atomic E-state index is 0.0240. The molecule has 0 aromatic heterocycles. The minimum atomic E-state index is -0.622. The van der Waals surface area contributed by atoms with Crippen LogP contribution >= 0.6 is 0 Å². The Bertz CT molecular complexity index is 425. The third-order valence-corrected chi connectivity index (χ3v) is 2.64. The Morgan fingerprint density at radius 3 is 2.88 bits per heavy atom. The molecular weight excluding hydrogens is 215 g/mol. The molecule has 1 N–H and O–H groups in total. The van der Waals surface area contributed by atoms with Gasteiger partial charge >= 0.3 is 0 Å². The summed E-state index contributed by atoms with van der Waals surface area (Å²) in [5.74, 6) is -0.622. The van der Waals surface area contributed by atoms with E-state index in [-0.39, 0.29) is 17.9 Å². The standard InChI is InChI=1S/C10H11FN2O3/c11-8-2-1-3-9(13(15)16)10(8)12-5-4-7(14)6-12/h1-3,7,14H,4-6H2. The molecule has 0 bridgehead atoms. The van der Waals surface area contributed by atoms with Crippen molar-refractivity contribution < 1.29 is 14.4 Å². The van der Waals surface area contributed by atoms with Crippen molar-refractivity contribution >= 4 is 11.4 Å². The first-order valence-electron chi connectivity index (χ1n) is 4.95. The summed E-state index contributed by atoms with van der Waals surface area (Å²) in [6, 6.07) is 3.76. The summed E-state index contributed by atoms with van der Waals surface area (Å²) in [5.41, 5.74) is -0.279. The van der Waals surface area contributed by atoms with Gasteiger partial charge in [-0.25, -0.2) is 4.39 Å². The van der Waals surface area contributed by atoms with E-state index >= 15 is 0 Å². The molecule has 0 saturated carbocycles. The number of hydrogen-bond donors (Lipinski definition) is 1. The number of nitro groups is 1. The zero-order valence-electron chi connectivity index (χ0n) is 8.47. The van der Waals surface area contributed by atoms with Crippen LogP contribution < -0.4 is 4.90 Å². The highest BCUT2D eigenvalue weighted by molar-refractivity contribution is 5.64. The Morgan fingerprint density at radius 2 is 2.31 bits per heavy atom. The van der Waals surface area contributed by atoms with Crippen LogP contribution in [-0.4, -0.2) is 29.2 Å². The third-order valence-electron chi connectivity index (χ3n) is 2.64. The molecule has 1 heterocycles. The normalized spacial score (nSPS) is 20.1. The lowest BCUT2D eigenvalue weighted by Gasteiger charge is -2.18. The van der Waals surface area contributed by atoms with Gasteiger partial charge in [-0.3, -0.25) is 10.1 Å². The largest absolute Gasteiger partial charge is 0.391 e. The van der Waals surface area contributed by atoms with Gasteiger partial charge < -0.3 is 10.0 Å². The molecule has 16 heavy (non-hydrogen) atoms. The molecule has 0 amide bonds. The average Bonchev–Trinajstić information content (AvgIpc) is 2.64. The number of benzene rings is 1. The summed E-state index contributed by atoms with van der Waals surface area (Å²) >= 11 is 0. The number of rotatable bonds is 2. The van der Waals surface area contributed by atoms with Gasteiger partial charge in [-0.05, 0) is 12.5 Å². The van der Waals surface area contributed by atoms with Crippen LogP contribution in [0.3, 0.4) is 0 Å². The molecule has 1 aliphatic heterocycles. The molecule has 1 aliphatic rings. The van der Waals surface area contributed by atoms with Crippen LogP contribution in [0.5, 0.6) is 0 Å². The zero-order chi connectivity index (χ0) is 11.7. The Hall–Kier alpha value is -1.69. The second-order valence-electron chi connectivity index (χ2n) is 3.75. The molecule has 0 aliphatic carbocycles. The summed E-state index contributed by atoms with van der Waals surface area (Å²) in [7, 11) is 0. The first-order valence-corrected chi connectivity index (χ1v) is 4.95. The van der Waals surface area contributed by atoms with E-state index in [1.165, 1.54) is 23.1 Å². The van der Waals surface area contributed by atoms with Crippen molar-refractivity contribution in [2.75, 3.05) is 18.0 Å². The number of halogens is 1. The van der Waals surface area contributed by atoms with Crippen LogP contribution in [0.15, 0.2) is 18.2 Å². The van der Waals surface area contributed by atoms with Gasteiger partial charge in [-0.15, -0.1) is 0 Å². The van der Waals surface area contributed by atoms with Crippen molar-refractivity contribution in [2.24, 2.45) is 0 Å². The molecule has 1 fully saturated rings. The molecule has 1 atom stereocenters. The molecule has 5 nitrogen and oxygen atoms in total. The van der Waals surface area contributed by atoms with Gasteiger partial charge in [0.1, 0.15) is 0 Å². The van der Waals surface area contributed by atoms with Gasteiger partial charge in [-0.1, -0.05) is 6.07 Å². The molecule has 0 radical (unpaired) electrons. The Balaban J connectivity index is 2.42. The first kappa shape index (κ1) is 10.8. The third kappa shape index (κ3) is 1.83. The van der Waals surface area contributed by atoms with Crippen LogP contribution in [0.4, 0.5) is 15.8 Å². The Kier molecular flexibility index (Phi) is 2.74. The fourth-order valence-electron chi connectivity index (χ4n) is 1.91. The monoisotopic (exact) mass is 226 g/mol. The Labute approximate surface area is 91.3 Å². The molecule has 1 aromatic rings. The van der Waals surface area contributed by atoms with E-state index in [0.29, 0.717) is 13.0 Å². The molecule has 2 rings (SSSR count). The quantitative estimate of drug-likeness (QED) is 0.609. The fourth-order valence-corrected chi connectivity index (χ4v) is 1.91. The van der Waals surface area contributed by atoms with E-state index in [4.69, 9.17) is 0 Å². The lowest BCUT2D eigenvalue weighted by Crippen LogP contribution is -2.23. The van der Waals surface area contributed by atoms with Crippen molar-refractivity contribution in [1.29, 1.82) is 0 Å². The van der Waals surface area contributed by atoms with E-state index in [0.717, 1.165) is 0 Å². The maximum absolute atomic E-state index is 13.6. The van der Waals surface area contributed by atoms with Gasteiger partial charge in [0.25, 0.3) is 5.69 Å². The van der Waals surface area contributed by atoms with E-state index in [2.05, 4.69) is 0 Å². The minimum Gasteiger partial charge on any atom is -0.391 e. The van der Waals surface area contributed by atoms with Crippen LogP contribution in [0.1, 0.15) is 6.42 Å². The lowest BCUT2D eigenvalue weighted by atomic mass is 10.2. The van der Waals surface area contributed by atoms with Gasteiger partial charge in [-0.2, -0.15) is 0 Å². The van der Waals surface area contributed by atoms with E-state index < -0.39 is 16.8 Å². The highest BCUT2D eigenvalue weighted by atomic mass is 19.1. The number of aliphatic hydroxyl groups is 1. The van der Waals surface area contributed by atoms with Gasteiger partial charge in [0, 0.05) is 19.2 Å². The van der Waals surface area contributed by atoms with Crippen molar-refractivity contribution in [3.63, 3.8) is 0 Å². The number of aliphatic hydroxyl groups excluding tert-OH is 1. The first-order chi connectivity index (χ1) is 7.59. The van der Waals surface area contributed by atoms with E-state index in [1.807, 2.05) is 0 Å². The second kappa shape index (κ2) is 4.05. The van der Waals surface area contributed by atoms with Crippen molar-refractivity contribution in [3.05, 3.63) is 34.1 Å². The van der Waals surface area contributed by atoms with Crippen LogP contribution in [-0.2, 0) is 0 Å². The molecule has 6 heteroatoms. The van der Waals surface area contributed by atoms with Crippen LogP contribution in [0, 0.1) is 15.9 Å². The van der Waals surface area contributed by atoms with Crippen LogP contribution in [0.2, 0.25) is 0 Å². The smallest absolute Gasteiger partial charge is 0.295 e. The molecule has 1 unspecified atom stereocenters.